The first-order chi connectivity index (χ1) is 8.93. The second-order valence-corrected chi connectivity index (χ2v) is 6.17. The minimum absolute atomic E-state index is 0.204. The summed E-state index contributed by atoms with van der Waals surface area (Å²) < 4.78 is 22.7. The Morgan fingerprint density at radius 2 is 1.83 bits per heavy atom. The fraction of sp³-hybridized carbons (Fsp3) is 0.500. The molecular weight excluding hydrogens is 272 g/mol. The Bertz CT molecular complexity index is 508. The van der Waals surface area contributed by atoms with Gasteiger partial charge in [0.05, 0.1) is 10.6 Å². The lowest BCUT2D eigenvalue weighted by atomic mass is 10.2. The molecule has 3 aliphatic rings. The number of rotatable bonds is 1. The molecule has 0 saturated heterocycles. The number of thiophene rings is 1. The molecule has 0 aromatic carbocycles. The van der Waals surface area contributed by atoms with E-state index in [0.29, 0.717) is 26.4 Å². The van der Waals surface area contributed by atoms with E-state index in [9.17, 15) is 0 Å². The van der Waals surface area contributed by atoms with Crippen LogP contribution in [-0.4, -0.2) is 32.2 Å². The molecule has 1 aromatic heterocycles. The van der Waals surface area contributed by atoms with Crippen LogP contribution in [0.2, 0.25) is 0 Å². The third-order valence-electron chi connectivity index (χ3n) is 3.08. The topological polar surface area (TPSA) is 36.9 Å². The predicted molar refractivity (Wildman–Crippen MR) is 69.4 cm³/mol. The van der Waals surface area contributed by atoms with Gasteiger partial charge in [0.15, 0.2) is 17.3 Å². The van der Waals surface area contributed by atoms with Gasteiger partial charge >= 0.3 is 0 Å². The molecule has 0 saturated carbocycles. The summed E-state index contributed by atoms with van der Waals surface area (Å²) in [6, 6.07) is 0. The quantitative estimate of drug-likeness (QED) is 0.792. The van der Waals surface area contributed by atoms with Gasteiger partial charge in [-0.15, -0.1) is 23.1 Å². The van der Waals surface area contributed by atoms with E-state index in [1.54, 1.807) is 11.3 Å². The van der Waals surface area contributed by atoms with Crippen molar-refractivity contribution in [2.24, 2.45) is 0 Å². The molecule has 0 N–H and O–H groups in total. The standard InChI is InChI=1S/C12H12O4S2/c1-3-15-9-7(13-1)5-17-11(9)12-10-8(6-18-12)14-2-4-16-10/h5,12H,1-4,6H2/t12-/m1/s1. The molecule has 4 nitrogen and oxygen atoms in total. The highest BCUT2D eigenvalue weighted by molar-refractivity contribution is 8.00. The highest BCUT2D eigenvalue weighted by Gasteiger charge is 2.37. The normalized spacial score (nSPS) is 25.4. The van der Waals surface area contributed by atoms with E-state index in [1.807, 2.05) is 17.1 Å². The Morgan fingerprint density at radius 3 is 2.83 bits per heavy atom. The summed E-state index contributed by atoms with van der Waals surface area (Å²) in [5.74, 6) is 4.62. The van der Waals surface area contributed by atoms with Crippen LogP contribution < -0.4 is 9.47 Å². The summed E-state index contributed by atoms with van der Waals surface area (Å²) in [5, 5.41) is 2.22. The zero-order chi connectivity index (χ0) is 11.9. The second kappa shape index (κ2) is 4.28. The molecule has 1 aromatic rings. The molecule has 0 unspecified atom stereocenters. The van der Waals surface area contributed by atoms with Gasteiger partial charge in [0.2, 0.25) is 0 Å². The van der Waals surface area contributed by atoms with Crippen LogP contribution in [0.25, 0.3) is 0 Å². The monoisotopic (exact) mass is 284 g/mol. The summed E-state index contributed by atoms with van der Waals surface area (Å²) >= 11 is 3.51. The summed E-state index contributed by atoms with van der Waals surface area (Å²) in [6.45, 7) is 2.56. The molecular formula is C12H12O4S2. The molecule has 18 heavy (non-hydrogen) atoms. The summed E-state index contributed by atoms with van der Waals surface area (Å²) in [7, 11) is 0. The van der Waals surface area contributed by atoms with E-state index >= 15 is 0 Å². The highest BCUT2D eigenvalue weighted by Crippen LogP contribution is 2.53. The molecule has 0 bridgehead atoms. The van der Waals surface area contributed by atoms with E-state index in [2.05, 4.69) is 0 Å². The lowest BCUT2D eigenvalue weighted by molar-refractivity contribution is 0.0640. The smallest absolute Gasteiger partial charge is 0.176 e. The second-order valence-electron chi connectivity index (χ2n) is 4.17. The van der Waals surface area contributed by atoms with Gasteiger partial charge in [-0.05, 0) is 0 Å². The molecule has 1 atom stereocenters. The van der Waals surface area contributed by atoms with Crippen molar-refractivity contribution < 1.29 is 18.9 Å². The first kappa shape index (κ1) is 10.9. The molecule has 0 spiro atoms. The van der Waals surface area contributed by atoms with Crippen LogP contribution >= 0.6 is 23.1 Å². The largest absolute Gasteiger partial charge is 0.490 e. The zero-order valence-corrected chi connectivity index (χ0v) is 11.3. The van der Waals surface area contributed by atoms with Gasteiger partial charge in [-0.3, -0.25) is 0 Å². The molecule has 4 rings (SSSR count). The van der Waals surface area contributed by atoms with Crippen LogP contribution in [-0.2, 0) is 9.47 Å². The van der Waals surface area contributed by atoms with Crippen molar-refractivity contribution in [3.8, 4) is 11.5 Å². The Labute approximate surface area is 113 Å². The van der Waals surface area contributed by atoms with Gasteiger partial charge in [-0.1, -0.05) is 0 Å². The third kappa shape index (κ3) is 1.59. The molecule has 0 radical (unpaired) electrons. The number of hydrogen-bond acceptors (Lipinski definition) is 6. The number of fused-ring (bicyclic) bond motifs is 1. The fourth-order valence-corrected chi connectivity index (χ4v) is 4.73. The van der Waals surface area contributed by atoms with Crippen molar-refractivity contribution in [3.63, 3.8) is 0 Å². The summed E-state index contributed by atoms with van der Waals surface area (Å²) in [5.41, 5.74) is 0. The maximum Gasteiger partial charge on any atom is 0.176 e. The van der Waals surface area contributed by atoms with E-state index in [4.69, 9.17) is 18.9 Å². The molecule has 3 aliphatic heterocycles. The van der Waals surface area contributed by atoms with E-state index in [1.165, 1.54) is 4.88 Å². The lowest BCUT2D eigenvalue weighted by Gasteiger charge is -2.21. The maximum atomic E-state index is 5.77. The predicted octanol–water partition coefficient (Wildman–Crippen LogP) is 2.57. The van der Waals surface area contributed by atoms with Gasteiger partial charge in [0, 0.05) is 5.38 Å². The van der Waals surface area contributed by atoms with Gasteiger partial charge in [0.25, 0.3) is 0 Å². The van der Waals surface area contributed by atoms with Gasteiger partial charge < -0.3 is 18.9 Å². The summed E-state index contributed by atoms with van der Waals surface area (Å²) in [4.78, 5) is 1.19. The maximum absolute atomic E-state index is 5.77. The molecule has 0 aliphatic carbocycles. The van der Waals surface area contributed by atoms with Crippen molar-refractivity contribution in [1.82, 2.24) is 0 Å². The summed E-state index contributed by atoms with van der Waals surface area (Å²) in [6.07, 6.45) is 0. The van der Waals surface area contributed by atoms with Crippen LogP contribution in [0.4, 0.5) is 0 Å². The number of thioether (sulfide) groups is 1. The molecule has 0 fully saturated rings. The van der Waals surface area contributed by atoms with Gasteiger partial charge in [-0.2, -0.15) is 0 Å². The minimum atomic E-state index is 0.204. The number of hydrogen-bond donors (Lipinski definition) is 0. The van der Waals surface area contributed by atoms with Crippen molar-refractivity contribution in [3.05, 3.63) is 21.8 Å². The highest BCUT2D eigenvalue weighted by atomic mass is 32.2. The van der Waals surface area contributed by atoms with E-state index in [-0.39, 0.29) is 5.25 Å². The Morgan fingerprint density at radius 1 is 1.00 bits per heavy atom. The van der Waals surface area contributed by atoms with Crippen LogP contribution in [0.1, 0.15) is 10.1 Å². The van der Waals surface area contributed by atoms with Crippen LogP contribution in [0.15, 0.2) is 16.9 Å². The first-order valence-electron chi connectivity index (χ1n) is 5.90. The average molecular weight is 284 g/mol. The SMILES string of the molecule is c1sc([C@@H]2SCC3=C2OCCO3)c2c1OCCO2. The Kier molecular flexibility index (Phi) is 2.58. The van der Waals surface area contributed by atoms with Gasteiger partial charge in [-0.25, -0.2) is 0 Å². The average Bonchev–Trinajstić information content (AvgIpc) is 3.01. The zero-order valence-electron chi connectivity index (χ0n) is 9.64. The molecule has 0 amide bonds. The van der Waals surface area contributed by atoms with Crippen LogP contribution in [0, 0.1) is 0 Å². The molecule has 4 heterocycles. The first-order valence-corrected chi connectivity index (χ1v) is 7.83. The van der Waals surface area contributed by atoms with E-state index < -0.39 is 0 Å². The van der Waals surface area contributed by atoms with Crippen molar-refractivity contribution in [1.29, 1.82) is 0 Å². The van der Waals surface area contributed by atoms with Crippen molar-refractivity contribution in [2.75, 3.05) is 32.2 Å². The minimum Gasteiger partial charge on any atom is -0.490 e. The van der Waals surface area contributed by atoms with Crippen molar-refractivity contribution in [2.45, 2.75) is 5.25 Å². The van der Waals surface area contributed by atoms with Crippen LogP contribution in [0.3, 0.4) is 0 Å². The van der Waals surface area contributed by atoms with Gasteiger partial charge in [0.1, 0.15) is 37.4 Å². The molecule has 6 heteroatoms. The Hall–Kier alpha value is -1.01. The lowest BCUT2D eigenvalue weighted by Crippen LogP contribution is -2.16. The van der Waals surface area contributed by atoms with Crippen molar-refractivity contribution >= 4 is 23.1 Å². The number of ether oxygens (including phenoxy) is 4. The molecule has 96 valence electrons. The van der Waals surface area contributed by atoms with Crippen LogP contribution in [0.5, 0.6) is 11.5 Å². The Balaban J connectivity index is 1.71. The third-order valence-corrected chi connectivity index (χ3v) is 5.45. The fourth-order valence-electron chi connectivity index (χ4n) is 2.30. The van der Waals surface area contributed by atoms with E-state index in [0.717, 1.165) is 28.8 Å².